The molecular weight excluding hydrogens is 418 g/mol. The van der Waals surface area contributed by atoms with Crippen LogP contribution in [0.2, 0.25) is 0 Å². The highest BCUT2D eigenvalue weighted by atomic mass is 79.9. The van der Waals surface area contributed by atoms with Crippen LogP contribution in [0.25, 0.3) is 6.08 Å². The second-order valence-corrected chi connectivity index (χ2v) is 7.71. The summed E-state index contributed by atoms with van der Waals surface area (Å²) >= 11 is 4.20. The Morgan fingerprint density at radius 3 is 2.58 bits per heavy atom. The van der Waals surface area contributed by atoms with Gasteiger partial charge < -0.3 is 9.84 Å². The van der Waals surface area contributed by atoms with E-state index in [2.05, 4.69) is 15.9 Å². The molecule has 0 saturated carbocycles. The summed E-state index contributed by atoms with van der Waals surface area (Å²) in [6.07, 6.45) is 1.50. The van der Waals surface area contributed by atoms with Crippen LogP contribution in [-0.4, -0.2) is 28.3 Å². The van der Waals surface area contributed by atoms with Gasteiger partial charge in [-0.1, -0.05) is 45.8 Å². The fourth-order valence-electron chi connectivity index (χ4n) is 2.51. The number of methoxy groups -OCH3 is 1. The topological polar surface area (TPSA) is 66.8 Å². The van der Waals surface area contributed by atoms with Crippen LogP contribution in [0.15, 0.2) is 45.8 Å². The number of imide groups is 1. The average Bonchev–Trinajstić information content (AvgIpc) is 2.87. The fourth-order valence-corrected chi connectivity index (χ4v) is 3.80. The van der Waals surface area contributed by atoms with E-state index in [9.17, 15) is 14.7 Å². The molecule has 3 rings (SSSR count). The predicted octanol–water partition coefficient (Wildman–Crippen LogP) is 4.71. The lowest BCUT2D eigenvalue weighted by Gasteiger charge is -2.12. The van der Waals surface area contributed by atoms with Crippen LogP contribution in [0.4, 0.5) is 4.79 Å². The minimum absolute atomic E-state index is 0.0824. The third kappa shape index (κ3) is 3.78. The number of rotatable bonds is 4. The van der Waals surface area contributed by atoms with Crippen molar-refractivity contribution in [2.75, 3.05) is 7.11 Å². The fraction of sp³-hybridized carbons (Fsp3) is 0.158. The van der Waals surface area contributed by atoms with Gasteiger partial charge >= 0.3 is 0 Å². The molecule has 0 bridgehead atoms. The number of nitrogens with zero attached hydrogens (tertiary/aromatic N) is 1. The van der Waals surface area contributed by atoms with Crippen molar-refractivity contribution in [2.45, 2.75) is 13.5 Å². The Bertz CT molecular complexity index is 909. The van der Waals surface area contributed by atoms with Crippen molar-refractivity contribution in [3.8, 4) is 11.5 Å². The number of aryl methyl sites for hydroxylation is 1. The van der Waals surface area contributed by atoms with Gasteiger partial charge in [-0.3, -0.25) is 14.5 Å². The summed E-state index contributed by atoms with van der Waals surface area (Å²) in [4.78, 5) is 26.4. The molecule has 1 aliphatic rings. The number of phenolic OH excluding ortho intramolecular Hbond substituents is 1. The molecule has 134 valence electrons. The molecule has 0 unspecified atom stereocenters. The third-order valence-corrected chi connectivity index (χ3v) is 5.28. The SMILES string of the molecule is COc1cc(Br)cc(/C=C2\SC(=O)N(Cc3ccc(C)cc3)C2=O)c1O. The molecule has 0 aliphatic carbocycles. The van der Waals surface area contributed by atoms with Gasteiger partial charge in [-0.25, -0.2) is 0 Å². The molecule has 1 heterocycles. The Labute approximate surface area is 163 Å². The van der Waals surface area contributed by atoms with E-state index >= 15 is 0 Å². The van der Waals surface area contributed by atoms with Crippen LogP contribution in [-0.2, 0) is 11.3 Å². The molecular formula is C19H16BrNO4S. The molecule has 1 fully saturated rings. The molecule has 7 heteroatoms. The summed E-state index contributed by atoms with van der Waals surface area (Å²) in [6, 6.07) is 11.0. The van der Waals surface area contributed by atoms with Crippen molar-refractivity contribution >= 4 is 44.9 Å². The van der Waals surface area contributed by atoms with Crippen LogP contribution < -0.4 is 4.74 Å². The lowest BCUT2D eigenvalue weighted by atomic mass is 10.1. The number of phenols is 1. The molecule has 26 heavy (non-hydrogen) atoms. The van der Waals surface area contributed by atoms with E-state index in [0.29, 0.717) is 10.0 Å². The average molecular weight is 434 g/mol. The third-order valence-electron chi connectivity index (χ3n) is 3.91. The van der Waals surface area contributed by atoms with Crippen molar-refractivity contribution in [2.24, 2.45) is 0 Å². The summed E-state index contributed by atoms with van der Waals surface area (Å²) in [5, 5.41) is 9.91. The van der Waals surface area contributed by atoms with Gasteiger partial charge in [-0.2, -0.15) is 0 Å². The van der Waals surface area contributed by atoms with Crippen LogP contribution >= 0.6 is 27.7 Å². The first-order valence-electron chi connectivity index (χ1n) is 7.76. The van der Waals surface area contributed by atoms with Gasteiger partial charge in [0.1, 0.15) is 0 Å². The minimum atomic E-state index is -0.376. The molecule has 0 aromatic heterocycles. The number of hydrogen-bond acceptors (Lipinski definition) is 5. The highest BCUT2D eigenvalue weighted by Gasteiger charge is 2.35. The molecule has 1 N–H and O–H groups in total. The summed E-state index contributed by atoms with van der Waals surface area (Å²) in [6.45, 7) is 2.20. The number of ether oxygens (including phenoxy) is 1. The van der Waals surface area contributed by atoms with Crippen molar-refractivity contribution in [1.29, 1.82) is 0 Å². The van der Waals surface area contributed by atoms with E-state index in [1.165, 1.54) is 18.1 Å². The number of carbonyl (C=O) groups is 2. The number of thioether (sulfide) groups is 1. The van der Waals surface area contributed by atoms with Crippen LogP contribution in [0.3, 0.4) is 0 Å². The van der Waals surface area contributed by atoms with Gasteiger partial charge in [0.15, 0.2) is 11.5 Å². The first-order valence-corrected chi connectivity index (χ1v) is 9.37. The maximum atomic E-state index is 12.6. The Balaban J connectivity index is 1.88. The summed E-state index contributed by atoms with van der Waals surface area (Å²) in [5.41, 5.74) is 2.39. The lowest BCUT2D eigenvalue weighted by molar-refractivity contribution is -0.123. The molecule has 2 amide bonds. The zero-order chi connectivity index (χ0) is 18.8. The van der Waals surface area contributed by atoms with E-state index in [1.54, 1.807) is 12.1 Å². The van der Waals surface area contributed by atoms with E-state index < -0.39 is 0 Å². The highest BCUT2D eigenvalue weighted by Crippen LogP contribution is 2.38. The smallest absolute Gasteiger partial charge is 0.293 e. The zero-order valence-corrected chi connectivity index (χ0v) is 16.6. The summed E-state index contributed by atoms with van der Waals surface area (Å²) < 4.78 is 5.80. The molecule has 1 aliphatic heterocycles. The summed E-state index contributed by atoms with van der Waals surface area (Å²) in [5.74, 6) is -0.176. The van der Waals surface area contributed by atoms with Gasteiger partial charge in [0.25, 0.3) is 11.1 Å². The Kier molecular flexibility index (Phi) is 5.38. The van der Waals surface area contributed by atoms with Gasteiger partial charge in [0.05, 0.1) is 18.6 Å². The van der Waals surface area contributed by atoms with E-state index in [0.717, 1.165) is 22.9 Å². The normalized spacial score (nSPS) is 15.8. The standard InChI is InChI=1S/C19H16BrNO4S/c1-11-3-5-12(6-4-11)10-21-18(23)16(26-19(21)24)8-13-7-14(20)9-15(25-2)17(13)22/h3-9,22H,10H2,1-2H3/b16-8-. The van der Waals surface area contributed by atoms with Crippen LogP contribution in [0.1, 0.15) is 16.7 Å². The molecule has 5 nitrogen and oxygen atoms in total. The Hall–Kier alpha value is -2.25. The molecule has 1 saturated heterocycles. The maximum Gasteiger partial charge on any atom is 0.293 e. The predicted molar refractivity (Wildman–Crippen MR) is 105 cm³/mol. The lowest BCUT2D eigenvalue weighted by Crippen LogP contribution is -2.27. The van der Waals surface area contributed by atoms with Gasteiger partial charge in [-0.15, -0.1) is 0 Å². The van der Waals surface area contributed by atoms with Crippen molar-refractivity contribution < 1.29 is 19.4 Å². The number of benzene rings is 2. The van der Waals surface area contributed by atoms with Crippen molar-refractivity contribution in [3.05, 3.63) is 62.5 Å². The molecule has 0 spiro atoms. The number of hydrogen-bond donors (Lipinski definition) is 1. The number of amides is 2. The highest BCUT2D eigenvalue weighted by molar-refractivity contribution is 9.10. The van der Waals surface area contributed by atoms with Crippen LogP contribution in [0.5, 0.6) is 11.5 Å². The maximum absolute atomic E-state index is 12.6. The second-order valence-electron chi connectivity index (χ2n) is 5.80. The first kappa shape index (κ1) is 18.5. The van der Waals surface area contributed by atoms with E-state index in [-0.39, 0.29) is 34.1 Å². The first-order chi connectivity index (χ1) is 12.4. The molecule has 0 atom stereocenters. The number of halogens is 1. The van der Waals surface area contributed by atoms with E-state index in [4.69, 9.17) is 4.74 Å². The monoisotopic (exact) mass is 433 g/mol. The number of aromatic hydroxyl groups is 1. The quantitative estimate of drug-likeness (QED) is 0.707. The van der Waals surface area contributed by atoms with Gasteiger partial charge in [-0.05, 0) is 42.5 Å². The second kappa shape index (κ2) is 7.55. The van der Waals surface area contributed by atoms with Gasteiger partial charge in [0, 0.05) is 10.0 Å². The van der Waals surface area contributed by atoms with Crippen LogP contribution in [0, 0.1) is 6.92 Å². The minimum Gasteiger partial charge on any atom is -0.504 e. The summed E-state index contributed by atoms with van der Waals surface area (Å²) in [7, 11) is 1.45. The van der Waals surface area contributed by atoms with Gasteiger partial charge in [0.2, 0.25) is 0 Å². The Morgan fingerprint density at radius 1 is 1.23 bits per heavy atom. The molecule has 0 radical (unpaired) electrons. The van der Waals surface area contributed by atoms with Crippen molar-refractivity contribution in [3.63, 3.8) is 0 Å². The van der Waals surface area contributed by atoms with Crippen molar-refractivity contribution in [1.82, 2.24) is 4.90 Å². The van der Waals surface area contributed by atoms with E-state index in [1.807, 2.05) is 31.2 Å². The largest absolute Gasteiger partial charge is 0.504 e. The molecule has 2 aromatic rings. The zero-order valence-electron chi connectivity index (χ0n) is 14.2. The molecule has 2 aromatic carbocycles. The Morgan fingerprint density at radius 2 is 1.92 bits per heavy atom. The number of carbonyl (C=O) groups excluding carboxylic acids is 2.